The van der Waals surface area contributed by atoms with E-state index in [1.165, 1.54) is 29.5 Å². The average molecular weight is 269 g/mol. The Kier molecular flexibility index (Phi) is 5.30. The lowest BCUT2D eigenvalue weighted by atomic mass is 9.94. The minimum absolute atomic E-state index is 0.431. The molecule has 0 radical (unpaired) electrons. The number of hydrogen-bond donors (Lipinski definition) is 0. The summed E-state index contributed by atoms with van der Waals surface area (Å²) in [5, 5.41) is 0. The first kappa shape index (κ1) is 14.3. The van der Waals surface area contributed by atoms with E-state index in [1.54, 1.807) is 6.92 Å². The highest BCUT2D eigenvalue weighted by atomic mass is 16.5. The summed E-state index contributed by atoms with van der Waals surface area (Å²) >= 11 is 0. The van der Waals surface area contributed by atoms with Gasteiger partial charge in [0.25, 0.3) is 6.47 Å². The first-order chi connectivity index (χ1) is 9.86. The highest BCUT2D eigenvalue weighted by Gasteiger charge is 2.22. The van der Waals surface area contributed by atoms with Gasteiger partial charge in [0, 0.05) is 18.3 Å². The molecule has 2 aromatic rings. The number of nitrogens with zero attached hydrogens (tertiary/aromatic N) is 1. The normalized spacial score (nSPS) is 15.8. The van der Waals surface area contributed by atoms with Gasteiger partial charge in [-0.3, -0.25) is 9.78 Å². The molecule has 1 unspecified atom stereocenters. The van der Waals surface area contributed by atoms with Crippen LogP contribution in [-0.4, -0.2) is 18.1 Å². The van der Waals surface area contributed by atoms with Crippen LogP contribution in [0.1, 0.15) is 36.0 Å². The van der Waals surface area contributed by atoms with Gasteiger partial charge in [0.2, 0.25) is 0 Å². The van der Waals surface area contributed by atoms with Crippen LogP contribution in [-0.2, 0) is 16.0 Å². The molecule has 1 heterocycles. The summed E-state index contributed by atoms with van der Waals surface area (Å²) in [6.07, 6.45) is 6.26. The summed E-state index contributed by atoms with van der Waals surface area (Å²) < 4.78 is 4.15. The molecular formula is C17H19NO2. The monoisotopic (exact) mass is 269 g/mol. The maximum atomic E-state index is 9.18. The highest BCUT2D eigenvalue weighted by Crippen LogP contribution is 2.37. The molecule has 3 heteroatoms. The van der Waals surface area contributed by atoms with Crippen LogP contribution >= 0.6 is 0 Å². The van der Waals surface area contributed by atoms with Gasteiger partial charge in [-0.2, -0.15) is 0 Å². The van der Waals surface area contributed by atoms with Crippen LogP contribution < -0.4 is 0 Å². The standard InChI is InChI=1S/C14H13N.C3H6O2/c1-2-6-13-11(4-1)7-8-14(13)12-5-3-9-15-10-12;1-2-5-3-4/h1-6,9-10,14H,7-8H2;3H,2H2,1H3. The first-order valence-corrected chi connectivity index (χ1v) is 6.89. The van der Waals surface area contributed by atoms with E-state index in [2.05, 4.69) is 40.1 Å². The summed E-state index contributed by atoms with van der Waals surface area (Å²) in [6, 6.07) is 13.0. The number of aromatic nitrogens is 1. The first-order valence-electron chi connectivity index (χ1n) is 6.89. The fourth-order valence-corrected chi connectivity index (χ4v) is 2.55. The molecule has 3 nitrogen and oxygen atoms in total. The molecule has 0 N–H and O–H groups in total. The summed E-state index contributed by atoms with van der Waals surface area (Å²) in [5.74, 6) is 0.565. The molecule has 0 saturated heterocycles. The molecule has 1 atom stereocenters. The van der Waals surface area contributed by atoms with E-state index in [4.69, 9.17) is 0 Å². The van der Waals surface area contributed by atoms with Crippen molar-refractivity contribution in [3.63, 3.8) is 0 Å². The van der Waals surface area contributed by atoms with Gasteiger partial charge >= 0.3 is 0 Å². The Morgan fingerprint density at radius 3 is 2.80 bits per heavy atom. The quantitative estimate of drug-likeness (QED) is 0.802. The van der Waals surface area contributed by atoms with Crippen LogP contribution in [0.15, 0.2) is 48.8 Å². The number of carbonyl (C=O) groups is 1. The second-order valence-electron chi connectivity index (χ2n) is 4.63. The zero-order valence-corrected chi connectivity index (χ0v) is 11.7. The van der Waals surface area contributed by atoms with Gasteiger partial charge in [0.1, 0.15) is 0 Å². The van der Waals surface area contributed by atoms with E-state index in [0.717, 1.165) is 0 Å². The van der Waals surface area contributed by atoms with Gasteiger partial charge < -0.3 is 4.74 Å². The van der Waals surface area contributed by atoms with Crippen molar-refractivity contribution in [2.24, 2.45) is 0 Å². The van der Waals surface area contributed by atoms with E-state index in [-0.39, 0.29) is 0 Å². The van der Waals surface area contributed by atoms with E-state index >= 15 is 0 Å². The maximum absolute atomic E-state index is 9.18. The van der Waals surface area contributed by atoms with Crippen molar-refractivity contribution in [1.82, 2.24) is 4.98 Å². The molecule has 0 fully saturated rings. The van der Waals surface area contributed by atoms with Gasteiger partial charge in [0.05, 0.1) is 6.61 Å². The van der Waals surface area contributed by atoms with Crippen LogP contribution in [0.2, 0.25) is 0 Å². The zero-order valence-electron chi connectivity index (χ0n) is 11.7. The summed E-state index contributed by atoms with van der Waals surface area (Å²) in [4.78, 5) is 13.4. The van der Waals surface area contributed by atoms with Crippen LogP contribution in [0.4, 0.5) is 0 Å². The van der Waals surface area contributed by atoms with Gasteiger partial charge in [-0.1, -0.05) is 30.3 Å². The van der Waals surface area contributed by atoms with E-state index in [0.29, 0.717) is 19.0 Å². The number of pyridine rings is 1. The molecule has 0 saturated carbocycles. The van der Waals surface area contributed by atoms with Gasteiger partial charge in [-0.25, -0.2) is 0 Å². The smallest absolute Gasteiger partial charge is 0.293 e. The molecule has 1 aliphatic carbocycles. The Morgan fingerprint density at radius 1 is 1.30 bits per heavy atom. The number of benzene rings is 1. The molecule has 0 spiro atoms. The van der Waals surface area contributed by atoms with E-state index < -0.39 is 0 Å². The molecular weight excluding hydrogens is 250 g/mol. The Morgan fingerprint density at radius 2 is 2.15 bits per heavy atom. The fourth-order valence-electron chi connectivity index (χ4n) is 2.55. The third-order valence-corrected chi connectivity index (χ3v) is 3.45. The largest absolute Gasteiger partial charge is 0.468 e. The molecule has 1 aromatic carbocycles. The third-order valence-electron chi connectivity index (χ3n) is 3.45. The third kappa shape index (κ3) is 3.44. The summed E-state index contributed by atoms with van der Waals surface area (Å²) in [6.45, 7) is 2.66. The Hall–Kier alpha value is -2.16. The van der Waals surface area contributed by atoms with Gasteiger partial charge in [-0.15, -0.1) is 0 Å². The lowest BCUT2D eigenvalue weighted by molar-refractivity contribution is -0.128. The van der Waals surface area contributed by atoms with E-state index in [9.17, 15) is 4.79 Å². The Balaban J connectivity index is 0.000000257. The van der Waals surface area contributed by atoms with Gasteiger partial charge in [0.15, 0.2) is 0 Å². The minimum Gasteiger partial charge on any atom is -0.468 e. The summed E-state index contributed by atoms with van der Waals surface area (Å²) in [7, 11) is 0. The zero-order chi connectivity index (χ0) is 14.2. The number of ether oxygens (including phenoxy) is 1. The van der Waals surface area contributed by atoms with Crippen molar-refractivity contribution < 1.29 is 9.53 Å². The lowest BCUT2D eigenvalue weighted by Crippen LogP contribution is -1.95. The van der Waals surface area contributed by atoms with Crippen LogP contribution in [0.25, 0.3) is 0 Å². The molecule has 104 valence electrons. The van der Waals surface area contributed by atoms with Crippen molar-refractivity contribution in [2.75, 3.05) is 6.61 Å². The fraction of sp³-hybridized carbons (Fsp3) is 0.294. The van der Waals surface area contributed by atoms with Crippen molar-refractivity contribution >= 4 is 6.47 Å². The second-order valence-corrected chi connectivity index (χ2v) is 4.63. The molecule has 0 bridgehead atoms. The lowest BCUT2D eigenvalue weighted by Gasteiger charge is -2.10. The van der Waals surface area contributed by atoms with Crippen LogP contribution in [0.5, 0.6) is 0 Å². The van der Waals surface area contributed by atoms with E-state index in [1.807, 2.05) is 18.5 Å². The maximum Gasteiger partial charge on any atom is 0.293 e. The van der Waals surface area contributed by atoms with Crippen molar-refractivity contribution in [1.29, 1.82) is 0 Å². The molecule has 20 heavy (non-hydrogen) atoms. The number of carbonyl (C=O) groups excluding carboxylic acids is 1. The highest BCUT2D eigenvalue weighted by molar-refractivity contribution is 5.41. The van der Waals surface area contributed by atoms with Gasteiger partial charge in [-0.05, 0) is 42.5 Å². The second kappa shape index (κ2) is 7.43. The number of aryl methyl sites for hydroxylation is 1. The minimum atomic E-state index is 0.431. The summed E-state index contributed by atoms with van der Waals surface area (Å²) in [5.41, 5.74) is 4.35. The molecule has 0 aliphatic heterocycles. The van der Waals surface area contributed by atoms with Crippen LogP contribution in [0, 0.1) is 0 Å². The number of hydrogen-bond acceptors (Lipinski definition) is 3. The Bertz CT molecular complexity index is 540. The molecule has 0 amide bonds. The van der Waals surface area contributed by atoms with Crippen molar-refractivity contribution in [3.8, 4) is 0 Å². The number of fused-ring (bicyclic) bond motifs is 1. The topological polar surface area (TPSA) is 39.2 Å². The molecule has 1 aromatic heterocycles. The SMILES string of the molecule is CCOC=O.c1cncc(C2CCc3ccccc32)c1. The molecule has 3 rings (SSSR count). The molecule has 1 aliphatic rings. The predicted molar refractivity (Wildman–Crippen MR) is 78.5 cm³/mol. The number of rotatable bonds is 3. The predicted octanol–water partition coefficient (Wildman–Crippen LogP) is 3.34. The average Bonchev–Trinajstić information content (AvgIpc) is 2.94. The van der Waals surface area contributed by atoms with Crippen LogP contribution in [0.3, 0.4) is 0 Å². The Labute approximate surface area is 119 Å². The van der Waals surface area contributed by atoms with Crippen molar-refractivity contribution in [3.05, 3.63) is 65.5 Å². The van der Waals surface area contributed by atoms with Crippen molar-refractivity contribution in [2.45, 2.75) is 25.7 Å².